The summed E-state index contributed by atoms with van der Waals surface area (Å²) < 4.78 is 50.4. The van der Waals surface area contributed by atoms with Gasteiger partial charge in [-0.1, -0.05) is 12.1 Å². The Hall–Kier alpha value is -2.16. The van der Waals surface area contributed by atoms with E-state index in [0.29, 0.717) is 24.1 Å². The Bertz CT molecular complexity index is 680. The van der Waals surface area contributed by atoms with Gasteiger partial charge in [-0.25, -0.2) is 14.4 Å². The fourth-order valence-electron chi connectivity index (χ4n) is 1.78. The molecular formula is C15H16F4N4S. The quantitative estimate of drug-likeness (QED) is 0.487. The van der Waals surface area contributed by atoms with E-state index in [2.05, 4.69) is 20.6 Å². The normalized spacial score (nSPS) is 12.3. The molecule has 1 aromatic carbocycles. The lowest BCUT2D eigenvalue weighted by Crippen LogP contribution is -2.36. The maximum Gasteiger partial charge on any atom is 0.434 e. The Labute approximate surface area is 140 Å². The van der Waals surface area contributed by atoms with Gasteiger partial charge in [0.05, 0.1) is 13.1 Å². The molecule has 0 spiro atoms. The number of aromatic nitrogens is 1. The molecule has 4 nitrogen and oxygen atoms in total. The Balaban J connectivity index is 1.96. The Kier molecular flexibility index (Phi) is 6.13. The van der Waals surface area contributed by atoms with Crippen LogP contribution in [-0.4, -0.2) is 17.5 Å². The number of benzene rings is 1. The predicted octanol–water partition coefficient (Wildman–Crippen LogP) is 3.56. The van der Waals surface area contributed by atoms with Crippen molar-refractivity contribution in [2.45, 2.75) is 26.2 Å². The lowest BCUT2D eigenvalue weighted by Gasteiger charge is -2.10. The number of rotatable bonds is 5. The number of guanidine groups is 1. The van der Waals surface area contributed by atoms with Gasteiger partial charge in [-0.3, -0.25) is 0 Å². The maximum atomic E-state index is 12.9. The monoisotopic (exact) mass is 360 g/mol. The van der Waals surface area contributed by atoms with Crippen molar-refractivity contribution >= 4 is 17.3 Å². The van der Waals surface area contributed by atoms with Crippen molar-refractivity contribution in [1.82, 2.24) is 15.6 Å². The molecule has 0 saturated heterocycles. The molecule has 0 fully saturated rings. The van der Waals surface area contributed by atoms with E-state index in [1.807, 2.05) is 6.92 Å². The highest BCUT2D eigenvalue weighted by Gasteiger charge is 2.33. The second-order valence-electron chi connectivity index (χ2n) is 4.80. The van der Waals surface area contributed by atoms with E-state index in [1.54, 1.807) is 12.1 Å². The second kappa shape index (κ2) is 8.09. The van der Waals surface area contributed by atoms with E-state index in [4.69, 9.17) is 0 Å². The summed E-state index contributed by atoms with van der Waals surface area (Å²) in [7, 11) is 0. The van der Waals surface area contributed by atoms with Crippen molar-refractivity contribution in [3.05, 3.63) is 51.7 Å². The number of nitrogens with zero attached hydrogens (tertiary/aromatic N) is 2. The van der Waals surface area contributed by atoms with Crippen LogP contribution in [-0.2, 0) is 19.3 Å². The van der Waals surface area contributed by atoms with Gasteiger partial charge in [0.15, 0.2) is 11.7 Å². The molecule has 1 heterocycles. The summed E-state index contributed by atoms with van der Waals surface area (Å²) in [5.74, 6) is 0.127. The molecule has 1 aromatic heterocycles. The van der Waals surface area contributed by atoms with Crippen molar-refractivity contribution in [2.75, 3.05) is 6.54 Å². The topological polar surface area (TPSA) is 49.3 Å². The Morgan fingerprint density at radius 3 is 2.50 bits per heavy atom. The largest absolute Gasteiger partial charge is 0.434 e. The standard InChI is InChI=1S/C15H16F4N4S/c1-2-20-14(21-7-10-3-5-11(16)6-4-10)22-8-13-23-12(9-24-13)15(17,18)19/h3-6,9H,2,7-8H2,1H3,(H2,20,21,22). The smallest absolute Gasteiger partial charge is 0.357 e. The van der Waals surface area contributed by atoms with Gasteiger partial charge in [0.1, 0.15) is 10.8 Å². The van der Waals surface area contributed by atoms with Crippen LogP contribution < -0.4 is 10.6 Å². The molecule has 0 radical (unpaired) electrons. The van der Waals surface area contributed by atoms with Gasteiger partial charge in [0, 0.05) is 11.9 Å². The number of hydrogen-bond donors (Lipinski definition) is 2. The highest BCUT2D eigenvalue weighted by atomic mass is 32.1. The summed E-state index contributed by atoms with van der Waals surface area (Å²) in [6.07, 6.45) is -4.43. The minimum Gasteiger partial charge on any atom is -0.357 e. The van der Waals surface area contributed by atoms with E-state index in [0.717, 1.165) is 22.3 Å². The number of aliphatic imine (C=N–C) groups is 1. The van der Waals surface area contributed by atoms with Crippen LogP contribution >= 0.6 is 11.3 Å². The summed E-state index contributed by atoms with van der Waals surface area (Å²) in [6.45, 7) is 2.93. The van der Waals surface area contributed by atoms with Crippen LogP contribution in [0.15, 0.2) is 34.6 Å². The number of alkyl halides is 3. The van der Waals surface area contributed by atoms with Crippen LogP contribution in [0, 0.1) is 5.82 Å². The van der Waals surface area contributed by atoms with Crippen LogP contribution in [0.3, 0.4) is 0 Å². The van der Waals surface area contributed by atoms with Crippen LogP contribution in [0.1, 0.15) is 23.2 Å². The molecule has 130 valence electrons. The van der Waals surface area contributed by atoms with E-state index >= 15 is 0 Å². The number of thiazole rings is 1. The van der Waals surface area contributed by atoms with Gasteiger partial charge in [0.2, 0.25) is 0 Å². The lowest BCUT2D eigenvalue weighted by molar-refractivity contribution is -0.140. The molecule has 2 rings (SSSR count). The molecule has 0 aliphatic rings. The predicted molar refractivity (Wildman–Crippen MR) is 85.2 cm³/mol. The van der Waals surface area contributed by atoms with Gasteiger partial charge in [-0.05, 0) is 24.6 Å². The molecule has 24 heavy (non-hydrogen) atoms. The van der Waals surface area contributed by atoms with Crippen LogP contribution in [0.2, 0.25) is 0 Å². The lowest BCUT2D eigenvalue weighted by atomic mass is 10.2. The molecule has 0 atom stereocenters. The first kappa shape index (κ1) is 18.2. The molecule has 0 aliphatic heterocycles. The van der Waals surface area contributed by atoms with Crippen molar-refractivity contribution in [3.8, 4) is 0 Å². The zero-order chi connectivity index (χ0) is 17.6. The summed E-state index contributed by atoms with van der Waals surface area (Å²) in [5.41, 5.74) is -0.0697. The van der Waals surface area contributed by atoms with Gasteiger partial charge < -0.3 is 10.6 Å². The zero-order valence-electron chi connectivity index (χ0n) is 12.8. The van der Waals surface area contributed by atoms with Crippen molar-refractivity contribution in [1.29, 1.82) is 0 Å². The molecular weight excluding hydrogens is 344 g/mol. The summed E-state index contributed by atoms with van der Waals surface area (Å²) in [5, 5.41) is 7.22. The van der Waals surface area contributed by atoms with Crippen molar-refractivity contribution in [2.24, 2.45) is 4.99 Å². The summed E-state index contributed by atoms with van der Waals surface area (Å²) in [4.78, 5) is 7.86. The fraction of sp³-hybridized carbons (Fsp3) is 0.333. The third-order valence-corrected chi connectivity index (χ3v) is 3.78. The van der Waals surface area contributed by atoms with E-state index in [9.17, 15) is 17.6 Å². The van der Waals surface area contributed by atoms with Crippen molar-refractivity contribution in [3.63, 3.8) is 0 Å². The van der Waals surface area contributed by atoms with E-state index in [-0.39, 0.29) is 12.4 Å². The molecule has 0 unspecified atom stereocenters. The van der Waals surface area contributed by atoms with E-state index in [1.165, 1.54) is 12.1 Å². The molecule has 2 N–H and O–H groups in total. The average molecular weight is 360 g/mol. The van der Waals surface area contributed by atoms with Gasteiger partial charge in [-0.15, -0.1) is 11.3 Å². The van der Waals surface area contributed by atoms with Crippen LogP contribution in [0.25, 0.3) is 0 Å². The first-order valence-electron chi connectivity index (χ1n) is 7.16. The number of hydrogen-bond acceptors (Lipinski definition) is 3. The third kappa shape index (κ3) is 5.48. The summed E-state index contributed by atoms with van der Waals surface area (Å²) >= 11 is 0.935. The Morgan fingerprint density at radius 2 is 1.92 bits per heavy atom. The van der Waals surface area contributed by atoms with Crippen molar-refractivity contribution < 1.29 is 17.6 Å². The zero-order valence-corrected chi connectivity index (χ0v) is 13.6. The fourth-order valence-corrected chi connectivity index (χ4v) is 2.52. The number of halogens is 4. The van der Waals surface area contributed by atoms with Crippen LogP contribution in [0.4, 0.5) is 17.6 Å². The Morgan fingerprint density at radius 1 is 1.21 bits per heavy atom. The highest BCUT2D eigenvalue weighted by molar-refractivity contribution is 7.09. The average Bonchev–Trinajstić information content (AvgIpc) is 3.01. The number of nitrogens with one attached hydrogen (secondary N) is 2. The maximum absolute atomic E-state index is 12.9. The SMILES string of the molecule is CCNC(=NCc1ccc(F)cc1)NCc1nc(C(F)(F)F)cs1. The summed E-state index contributed by atoms with van der Waals surface area (Å²) in [6, 6.07) is 5.94. The van der Waals surface area contributed by atoms with Crippen LogP contribution in [0.5, 0.6) is 0 Å². The van der Waals surface area contributed by atoms with E-state index < -0.39 is 11.9 Å². The molecule has 0 bridgehead atoms. The second-order valence-corrected chi connectivity index (χ2v) is 5.74. The van der Waals surface area contributed by atoms with Gasteiger partial charge >= 0.3 is 6.18 Å². The molecule has 2 aromatic rings. The molecule has 9 heteroatoms. The third-order valence-electron chi connectivity index (χ3n) is 2.93. The minimum absolute atomic E-state index is 0.135. The minimum atomic E-state index is -4.43. The highest BCUT2D eigenvalue weighted by Crippen LogP contribution is 2.29. The molecule has 0 saturated carbocycles. The molecule has 0 aliphatic carbocycles. The van der Waals surface area contributed by atoms with Gasteiger partial charge in [-0.2, -0.15) is 13.2 Å². The first-order valence-corrected chi connectivity index (χ1v) is 8.04. The first-order chi connectivity index (χ1) is 11.4. The van der Waals surface area contributed by atoms with Gasteiger partial charge in [0.25, 0.3) is 0 Å². The molecule has 0 amide bonds.